The number of carbonyl (C=O) groups is 3. The van der Waals surface area contributed by atoms with E-state index < -0.39 is 18.4 Å². The van der Waals surface area contributed by atoms with Crippen molar-refractivity contribution in [2.24, 2.45) is 0 Å². The van der Waals surface area contributed by atoms with E-state index in [1.165, 1.54) is 302 Å². The van der Waals surface area contributed by atoms with Gasteiger partial charge >= 0.3 is 17.9 Å². The van der Waals surface area contributed by atoms with Crippen LogP contribution in [-0.2, 0) is 33.3 Å². The Labute approximate surface area is 528 Å². The van der Waals surface area contributed by atoms with Crippen LogP contribution in [0.2, 0.25) is 0 Å². The minimum Gasteiger partial charge on any atom is -0.477 e. The maximum Gasteiger partial charge on any atom is 0.361 e. The molecule has 0 saturated carbocycles. The van der Waals surface area contributed by atoms with Crippen LogP contribution in [0.4, 0.5) is 0 Å². The molecule has 9 heteroatoms. The summed E-state index contributed by atoms with van der Waals surface area (Å²) in [5, 5.41) is 9.76. The summed E-state index contributed by atoms with van der Waals surface area (Å²) in [6.07, 6.45) is 82.8. The molecule has 9 nitrogen and oxygen atoms in total. The van der Waals surface area contributed by atoms with Gasteiger partial charge in [0.15, 0.2) is 6.10 Å². The van der Waals surface area contributed by atoms with Gasteiger partial charge in [0, 0.05) is 12.8 Å². The highest BCUT2D eigenvalue weighted by molar-refractivity contribution is 5.71. The fraction of sp³-hybridized carbons (Fsp3) is 0.882. The van der Waals surface area contributed by atoms with Crippen molar-refractivity contribution in [3.8, 4) is 0 Å². The number of ether oxygens (including phenoxy) is 4. The molecule has 0 saturated heterocycles. The molecule has 0 radical (unpaired) electrons. The molecule has 2 unspecified atom stereocenters. The van der Waals surface area contributed by atoms with Crippen LogP contribution in [0.5, 0.6) is 0 Å². The molecule has 0 aromatic carbocycles. The third-order valence-corrected chi connectivity index (χ3v) is 16.9. The molecule has 0 aromatic heterocycles. The largest absolute Gasteiger partial charge is 0.477 e. The first-order chi connectivity index (χ1) is 41.6. The number of unbranched alkanes of at least 4 members (excludes halogenated alkanes) is 49. The highest BCUT2D eigenvalue weighted by Gasteiger charge is 2.25. The number of carboxylic acids is 1. The van der Waals surface area contributed by atoms with E-state index in [0.717, 1.165) is 44.9 Å². The van der Waals surface area contributed by atoms with Gasteiger partial charge in [-0.05, 0) is 70.6 Å². The van der Waals surface area contributed by atoms with E-state index >= 15 is 0 Å². The number of quaternary nitrogens is 1. The lowest BCUT2D eigenvalue weighted by Gasteiger charge is -2.25. The van der Waals surface area contributed by atoms with Crippen molar-refractivity contribution in [2.45, 2.75) is 386 Å². The maximum absolute atomic E-state index is 13.0. The van der Waals surface area contributed by atoms with Crippen molar-refractivity contribution < 1.29 is 42.9 Å². The molecule has 0 spiro atoms. The third-order valence-electron chi connectivity index (χ3n) is 16.9. The van der Waals surface area contributed by atoms with Crippen LogP contribution >= 0.6 is 0 Å². The molecule has 0 heterocycles. The number of aliphatic carboxylic acids is 1. The smallest absolute Gasteiger partial charge is 0.361 e. The van der Waals surface area contributed by atoms with Gasteiger partial charge < -0.3 is 28.5 Å². The number of hydrogen-bond donors (Lipinski definition) is 1. The molecular weight excluding hydrogens is 1050 g/mol. The summed E-state index contributed by atoms with van der Waals surface area (Å²) < 4.78 is 23.0. The number of likely N-dealkylation sites (N-methyl/N-ethyl adjacent to an activating group) is 1. The Morgan fingerprint density at radius 3 is 0.941 bits per heavy atom. The second-order valence-electron chi connectivity index (χ2n) is 26.6. The van der Waals surface area contributed by atoms with E-state index in [9.17, 15) is 19.5 Å². The molecule has 1 N–H and O–H groups in total. The van der Waals surface area contributed by atoms with Crippen molar-refractivity contribution in [2.75, 3.05) is 47.5 Å². The van der Waals surface area contributed by atoms with Gasteiger partial charge in [-0.15, -0.1) is 0 Å². The summed E-state index contributed by atoms with van der Waals surface area (Å²) in [6, 6.07) is 0. The molecule has 2 atom stereocenters. The number of carbonyl (C=O) groups excluding carboxylic acids is 2. The maximum atomic E-state index is 13.0. The normalized spacial score (nSPS) is 12.8. The van der Waals surface area contributed by atoms with Gasteiger partial charge in [0.05, 0.1) is 34.4 Å². The van der Waals surface area contributed by atoms with Gasteiger partial charge in [-0.3, -0.25) is 9.59 Å². The second-order valence-corrected chi connectivity index (χ2v) is 26.6. The molecule has 0 amide bonds. The van der Waals surface area contributed by atoms with Gasteiger partial charge in [0.2, 0.25) is 0 Å². The highest BCUT2D eigenvalue weighted by atomic mass is 16.7. The first-order valence-electron chi connectivity index (χ1n) is 37.2. The Morgan fingerprint density at radius 2 is 0.635 bits per heavy atom. The van der Waals surface area contributed by atoms with Crippen LogP contribution in [0, 0.1) is 0 Å². The van der Waals surface area contributed by atoms with E-state index in [1.807, 2.05) is 21.1 Å². The van der Waals surface area contributed by atoms with E-state index in [4.69, 9.17) is 18.9 Å². The average Bonchev–Trinajstić information content (AvgIpc) is 3.49. The molecule has 85 heavy (non-hydrogen) atoms. The Morgan fingerprint density at radius 1 is 0.353 bits per heavy atom. The first kappa shape index (κ1) is 82.5. The zero-order valence-electron chi connectivity index (χ0n) is 57.3. The summed E-state index contributed by atoms with van der Waals surface area (Å²) in [7, 11) is 5.99. The zero-order chi connectivity index (χ0) is 61.9. The molecule has 500 valence electrons. The number of nitrogens with zero attached hydrogens (tertiary/aromatic N) is 1. The minimum absolute atomic E-state index is 0.176. The lowest BCUT2D eigenvalue weighted by atomic mass is 10.0. The van der Waals surface area contributed by atoms with Crippen molar-refractivity contribution in [1.29, 1.82) is 0 Å². The van der Waals surface area contributed by atoms with E-state index in [0.29, 0.717) is 17.4 Å². The van der Waals surface area contributed by atoms with E-state index in [-0.39, 0.29) is 38.2 Å². The van der Waals surface area contributed by atoms with Gasteiger partial charge in [0.25, 0.3) is 6.29 Å². The van der Waals surface area contributed by atoms with Gasteiger partial charge in [-0.2, -0.15) is 0 Å². The molecule has 0 aliphatic rings. The fourth-order valence-electron chi connectivity index (χ4n) is 11.2. The van der Waals surface area contributed by atoms with Crippen LogP contribution in [0.1, 0.15) is 373 Å². The summed E-state index contributed by atoms with van der Waals surface area (Å²) in [6.45, 7) is 4.94. The van der Waals surface area contributed by atoms with Crippen molar-refractivity contribution >= 4 is 17.9 Å². The number of allylic oxidation sites excluding steroid dienone is 6. The lowest BCUT2D eigenvalue weighted by molar-refractivity contribution is -0.870. The Kier molecular flexibility index (Phi) is 65.5. The highest BCUT2D eigenvalue weighted by Crippen LogP contribution is 2.19. The summed E-state index contributed by atoms with van der Waals surface area (Å²) >= 11 is 0. The topological polar surface area (TPSA) is 108 Å². The number of rotatable bonds is 70. The SMILES string of the molecule is CCCCCCC/C=C\C/C=C\CCCCCCCCCCCCCCCCCCCCCC(=O)OC(COC(=O)CCCCCCCCCCCCCCCCCCC/C=C\CCCCCCCCCC)COC(OCC[N+](C)(C)C)C(=O)O. The fourth-order valence-corrected chi connectivity index (χ4v) is 11.2. The Balaban J connectivity index is 4.03. The van der Waals surface area contributed by atoms with Crippen molar-refractivity contribution in [1.82, 2.24) is 0 Å². The number of esters is 2. The molecule has 0 aromatic rings. The summed E-state index contributed by atoms with van der Waals surface area (Å²) in [4.78, 5) is 37.7. The van der Waals surface area contributed by atoms with Crippen molar-refractivity contribution in [3.63, 3.8) is 0 Å². The zero-order valence-corrected chi connectivity index (χ0v) is 57.3. The third kappa shape index (κ3) is 68.9. The Hall–Kier alpha value is -2.49. The minimum atomic E-state index is -1.51. The van der Waals surface area contributed by atoms with Crippen molar-refractivity contribution in [3.05, 3.63) is 36.5 Å². The van der Waals surface area contributed by atoms with Crippen LogP contribution < -0.4 is 0 Å². The van der Waals surface area contributed by atoms with E-state index in [1.54, 1.807) is 0 Å². The standard InChI is InChI=1S/C76H143NO8/c1-6-8-10-12-14-16-18-20-22-24-26-28-30-32-34-36-37-39-41-43-45-47-49-51-53-55-57-59-61-63-65-67-74(79)85-72(71-84-76(75(80)81)82-69-68-77(3,4)5)70-83-73(78)66-64-62-60-58-56-54-52-50-48-46-44-42-40-38-35-33-31-29-27-25-23-21-19-17-15-13-11-9-7-2/h18,20,24-27,72,76H,6-17,19,21-23,28-71H2,1-5H3/p+1/b20-18-,26-24-,27-25-. The van der Waals surface area contributed by atoms with Crippen LogP contribution in [0.3, 0.4) is 0 Å². The summed E-state index contributed by atoms with van der Waals surface area (Å²) in [5.74, 6) is -1.97. The number of hydrogen-bond acceptors (Lipinski definition) is 7. The van der Waals surface area contributed by atoms with E-state index in [2.05, 4.69) is 50.3 Å². The van der Waals surface area contributed by atoms with Crippen LogP contribution in [0.25, 0.3) is 0 Å². The lowest BCUT2D eigenvalue weighted by Crippen LogP contribution is -2.40. The van der Waals surface area contributed by atoms with Crippen LogP contribution in [0.15, 0.2) is 36.5 Å². The van der Waals surface area contributed by atoms with Gasteiger partial charge in [0.1, 0.15) is 13.2 Å². The van der Waals surface area contributed by atoms with Gasteiger partial charge in [-0.25, -0.2) is 4.79 Å². The molecule has 0 fully saturated rings. The molecule has 0 aliphatic heterocycles. The molecule has 0 rings (SSSR count). The number of carboxylic acid groups (broad SMARTS) is 1. The Bertz CT molecular complexity index is 1490. The molecular formula is C76H144NO8+. The predicted molar refractivity (Wildman–Crippen MR) is 364 cm³/mol. The van der Waals surface area contributed by atoms with Crippen LogP contribution in [-0.4, -0.2) is 87.4 Å². The average molecular weight is 1200 g/mol. The molecule has 0 bridgehead atoms. The monoisotopic (exact) mass is 1200 g/mol. The quantitative estimate of drug-likeness (QED) is 0.0211. The summed E-state index contributed by atoms with van der Waals surface area (Å²) in [5.41, 5.74) is 0. The first-order valence-corrected chi connectivity index (χ1v) is 37.2. The molecule has 0 aliphatic carbocycles. The predicted octanol–water partition coefficient (Wildman–Crippen LogP) is 23.1. The van der Waals surface area contributed by atoms with Gasteiger partial charge in [-0.1, -0.05) is 326 Å². The second kappa shape index (κ2) is 67.4.